The van der Waals surface area contributed by atoms with E-state index < -0.39 is 10.1 Å². The average molecular weight is 422 g/mol. The molecule has 0 aliphatic carbocycles. The number of fused-ring (bicyclic) bond motifs is 1. The molecule has 0 radical (unpaired) electrons. The zero-order chi connectivity index (χ0) is 21.2. The summed E-state index contributed by atoms with van der Waals surface area (Å²) in [7, 11) is -4.15. The number of rotatable bonds is 14. The lowest BCUT2D eigenvalue weighted by Crippen LogP contribution is -2.42. The molecule has 0 amide bonds. The van der Waals surface area contributed by atoms with Gasteiger partial charge in [0.1, 0.15) is 6.54 Å². The highest BCUT2D eigenvalue weighted by Gasteiger charge is 2.40. The first-order valence-corrected chi connectivity index (χ1v) is 13.1. The van der Waals surface area contributed by atoms with Crippen molar-refractivity contribution in [2.24, 2.45) is 0 Å². The van der Waals surface area contributed by atoms with Gasteiger partial charge in [0.25, 0.3) is 0 Å². The van der Waals surface area contributed by atoms with Crippen LogP contribution in [0.5, 0.6) is 0 Å². The van der Waals surface area contributed by atoms with Crippen LogP contribution in [-0.2, 0) is 15.5 Å². The molecule has 0 N–H and O–H groups in total. The molecule has 0 saturated heterocycles. The van der Waals surface area contributed by atoms with E-state index in [9.17, 15) is 13.0 Å². The summed E-state index contributed by atoms with van der Waals surface area (Å²) in [5.41, 5.74) is 2.85. The van der Waals surface area contributed by atoms with Crippen molar-refractivity contribution in [1.29, 1.82) is 0 Å². The largest absolute Gasteiger partial charge is 0.748 e. The van der Waals surface area contributed by atoms with E-state index in [0.29, 0.717) is 13.0 Å². The van der Waals surface area contributed by atoms with Gasteiger partial charge in [0.2, 0.25) is 0 Å². The summed E-state index contributed by atoms with van der Waals surface area (Å²) in [6, 6.07) is 8.71. The average Bonchev–Trinajstić information content (AvgIpc) is 2.68. The molecule has 2 rings (SSSR count). The van der Waals surface area contributed by atoms with Crippen LogP contribution in [-0.4, -0.2) is 42.6 Å². The normalized spacial score (nSPS) is 15.8. The minimum absolute atomic E-state index is 0.128. The van der Waals surface area contributed by atoms with Crippen molar-refractivity contribution >= 4 is 16.3 Å². The van der Waals surface area contributed by atoms with Gasteiger partial charge in [-0.3, -0.25) is 0 Å². The molecule has 164 valence electrons. The summed E-state index contributed by atoms with van der Waals surface area (Å²) in [5.74, 6) is -0.279. The number of hydrogen-bond acceptors (Lipinski definition) is 3. The molecule has 1 aromatic carbocycles. The van der Waals surface area contributed by atoms with Crippen LogP contribution in [0.3, 0.4) is 0 Å². The summed E-state index contributed by atoms with van der Waals surface area (Å²) < 4.78 is 35.3. The Bertz CT molecular complexity index is 743. The van der Waals surface area contributed by atoms with Crippen LogP contribution in [0.2, 0.25) is 0 Å². The highest BCUT2D eigenvalue weighted by Crippen LogP contribution is 2.39. The summed E-state index contributed by atoms with van der Waals surface area (Å²) in [5, 5.41) is 0. The molecule has 0 saturated carbocycles. The third kappa shape index (κ3) is 7.86. The lowest BCUT2D eigenvalue weighted by molar-refractivity contribution is -0.535. The molecule has 0 spiro atoms. The minimum atomic E-state index is -4.15. The maximum atomic E-state index is 11.0. The van der Waals surface area contributed by atoms with Crippen LogP contribution in [0, 0.1) is 0 Å². The van der Waals surface area contributed by atoms with Gasteiger partial charge in [-0.05, 0) is 24.5 Å². The molecule has 0 bridgehead atoms. The number of unbranched alkanes of at least 4 members (excludes halogenated alkanes) is 6. The maximum absolute atomic E-state index is 11.0. The van der Waals surface area contributed by atoms with Gasteiger partial charge in [0.15, 0.2) is 12.8 Å². The first kappa shape index (κ1) is 24.1. The number of benzene rings is 1. The first-order chi connectivity index (χ1) is 13.9. The van der Waals surface area contributed by atoms with Gasteiger partial charge >= 0.3 is 0 Å². The maximum Gasteiger partial charge on any atom is 0.171 e. The van der Waals surface area contributed by atoms with Crippen molar-refractivity contribution in [3.63, 3.8) is 0 Å². The molecular formula is C24H39NO3S. The fourth-order valence-electron chi connectivity index (χ4n) is 4.73. The number of nitrogens with zero attached hydrogens (tertiary/aromatic N) is 1. The van der Waals surface area contributed by atoms with Gasteiger partial charge < -0.3 is 4.55 Å². The smallest absolute Gasteiger partial charge is 0.171 e. The Morgan fingerprint density at radius 2 is 1.55 bits per heavy atom. The zero-order valence-corrected chi connectivity index (χ0v) is 19.2. The molecule has 0 unspecified atom stereocenters. The van der Waals surface area contributed by atoms with Gasteiger partial charge in [-0.1, -0.05) is 83.4 Å². The van der Waals surface area contributed by atoms with Crippen LogP contribution in [0.4, 0.5) is 0 Å². The van der Waals surface area contributed by atoms with Gasteiger partial charge in [0, 0.05) is 17.7 Å². The number of hydrogen-bond donors (Lipinski definition) is 0. The second kappa shape index (κ2) is 11.8. The van der Waals surface area contributed by atoms with E-state index in [1.807, 2.05) is 0 Å². The zero-order valence-electron chi connectivity index (χ0n) is 18.4. The highest BCUT2D eigenvalue weighted by molar-refractivity contribution is 7.85. The monoisotopic (exact) mass is 421 g/mol. The van der Waals surface area contributed by atoms with E-state index in [1.165, 1.54) is 75.3 Å². The Labute approximate surface area is 178 Å². The Hall–Kier alpha value is -1.20. The Morgan fingerprint density at radius 1 is 0.931 bits per heavy atom. The molecule has 1 aliphatic rings. The second-order valence-electron chi connectivity index (χ2n) is 8.70. The van der Waals surface area contributed by atoms with Gasteiger partial charge in [0.05, 0.1) is 15.5 Å². The van der Waals surface area contributed by atoms with E-state index in [4.69, 9.17) is 0 Å². The van der Waals surface area contributed by atoms with Gasteiger partial charge in [-0.2, -0.15) is 0 Å². The van der Waals surface area contributed by atoms with Crippen molar-refractivity contribution in [1.82, 2.24) is 0 Å². The predicted molar refractivity (Wildman–Crippen MR) is 120 cm³/mol. The van der Waals surface area contributed by atoms with Gasteiger partial charge in [-0.15, -0.1) is 0 Å². The topological polar surface area (TPSA) is 60.2 Å². The van der Waals surface area contributed by atoms with Crippen molar-refractivity contribution in [2.75, 3.05) is 18.8 Å². The molecule has 5 heteroatoms. The Kier molecular flexibility index (Phi) is 9.84. The van der Waals surface area contributed by atoms with E-state index in [1.54, 1.807) is 0 Å². The molecule has 1 aromatic rings. The lowest BCUT2D eigenvalue weighted by Gasteiger charge is -2.36. The van der Waals surface area contributed by atoms with E-state index in [0.717, 1.165) is 6.54 Å². The summed E-state index contributed by atoms with van der Waals surface area (Å²) in [6.45, 7) is 6.05. The van der Waals surface area contributed by atoms with Crippen molar-refractivity contribution in [3.8, 4) is 0 Å². The van der Waals surface area contributed by atoms with Crippen molar-refractivity contribution in [3.05, 3.63) is 35.4 Å². The lowest BCUT2D eigenvalue weighted by atomic mass is 9.69. The molecule has 0 atom stereocenters. The second-order valence-corrected chi connectivity index (χ2v) is 10.2. The predicted octanol–water partition coefficient (Wildman–Crippen LogP) is 5.25. The minimum Gasteiger partial charge on any atom is -0.748 e. The third-order valence-electron chi connectivity index (χ3n) is 6.22. The van der Waals surface area contributed by atoms with Crippen LogP contribution < -0.4 is 0 Å². The Balaban J connectivity index is 2.22. The van der Waals surface area contributed by atoms with Gasteiger partial charge in [-0.25, -0.2) is 13.0 Å². The van der Waals surface area contributed by atoms with Crippen LogP contribution in [0.1, 0.15) is 95.6 Å². The van der Waals surface area contributed by atoms with Crippen LogP contribution in [0.25, 0.3) is 0 Å². The highest BCUT2D eigenvalue weighted by atomic mass is 32.2. The SMILES string of the molecule is CCCCCCC1(CCCCCC)C[N+](CCCS(=O)(=O)[O-])=Cc2ccccc21. The van der Waals surface area contributed by atoms with Crippen molar-refractivity contribution in [2.45, 2.75) is 89.9 Å². The molecule has 0 fully saturated rings. The van der Waals surface area contributed by atoms with E-state index in [2.05, 4.69) is 48.9 Å². The molecule has 1 heterocycles. The molecule has 4 nitrogen and oxygen atoms in total. The quantitative estimate of drug-likeness (QED) is 0.234. The first-order valence-electron chi connectivity index (χ1n) is 11.5. The van der Waals surface area contributed by atoms with E-state index in [-0.39, 0.29) is 11.2 Å². The summed E-state index contributed by atoms with van der Waals surface area (Å²) in [4.78, 5) is 0. The van der Waals surface area contributed by atoms with E-state index >= 15 is 0 Å². The van der Waals surface area contributed by atoms with Crippen LogP contribution in [0.15, 0.2) is 24.3 Å². The van der Waals surface area contributed by atoms with Crippen molar-refractivity contribution < 1.29 is 17.5 Å². The molecular weight excluding hydrogens is 382 g/mol. The fraction of sp³-hybridized carbons (Fsp3) is 0.708. The summed E-state index contributed by atoms with van der Waals surface area (Å²) in [6.07, 6.45) is 15.0. The van der Waals surface area contributed by atoms with Crippen LogP contribution >= 0.6 is 0 Å². The molecule has 0 aromatic heterocycles. The fourth-order valence-corrected chi connectivity index (χ4v) is 5.21. The molecule has 29 heavy (non-hydrogen) atoms. The summed E-state index contributed by atoms with van der Waals surface area (Å²) >= 11 is 0. The third-order valence-corrected chi connectivity index (χ3v) is 7.01. The standard InChI is InChI=1S/C24H39NO3S/c1-3-5-7-11-16-24(17-12-8-6-4-2)21-25(18-13-19-29(26,27)28)20-22-14-9-10-15-23(22)24/h9-10,14-15,20H,3-8,11-13,16-19,21H2,1-2H3. The Morgan fingerprint density at radius 3 is 2.14 bits per heavy atom. The molecule has 1 aliphatic heterocycles.